The van der Waals surface area contributed by atoms with Crippen molar-refractivity contribution < 1.29 is 19.1 Å². The fourth-order valence-electron chi connectivity index (χ4n) is 9.17. The molecule has 0 bridgehead atoms. The van der Waals surface area contributed by atoms with Crippen molar-refractivity contribution in [2.45, 2.75) is 76.5 Å². The van der Waals surface area contributed by atoms with Crippen molar-refractivity contribution in [3.8, 4) is 33.6 Å². The summed E-state index contributed by atoms with van der Waals surface area (Å²) in [4.78, 5) is 62.9. The minimum atomic E-state index is -0.551. The lowest BCUT2D eigenvalue weighted by Crippen LogP contribution is -2.43. The molecule has 12 heteroatoms. The number of carbonyl (C=O) groups excluding carboxylic acids is 3. The molecule has 4 heterocycles. The van der Waals surface area contributed by atoms with Crippen LogP contribution in [-0.4, -0.2) is 91.9 Å². The van der Waals surface area contributed by atoms with Gasteiger partial charge >= 0.3 is 6.09 Å². The lowest BCUT2D eigenvalue weighted by atomic mass is 10.0. The first-order chi connectivity index (χ1) is 30.3. The third-order valence-electron chi connectivity index (χ3n) is 12.4. The Kier molecular flexibility index (Phi) is 13.2. The summed E-state index contributed by atoms with van der Waals surface area (Å²) in [6.07, 6.45) is 7.35. The largest absolute Gasteiger partial charge is 0.453 e. The molecule has 0 saturated carbocycles. The molecule has 4 atom stereocenters. The number of amides is 3. The van der Waals surface area contributed by atoms with Crippen LogP contribution in [0, 0.1) is 0 Å². The Balaban J connectivity index is 0.906. The molecule has 2 aromatic heterocycles. The Hall–Kier alpha value is -6.53. The molecule has 0 aliphatic carbocycles. The van der Waals surface area contributed by atoms with E-state index in [0.717, 1.165) is 95.2 Å². The predicted molar refractivity (Wildman–Crippen MR) is 241 cm³/mol. The van der Waals surface area contributed by atoms with Crippen LogP contribution in [0.4, 0.5) is 4.79 Å². The summed E-state index contributed by atoms with van der Waals surface area (Å²) in [5.41, 5.74) is 8.08. The molecule has 3 amide bonds. The number of aromatic amines is 2. The number of carbonyl (C=O) groups is 3. The fraction of sp³-hybridized carbons (Fsp3) is 0.340. The van der Waals surface area contributed by atoms with Crippen molar-refractivity contribution in [2.24, 2.45) is 0 Å². The molecular formula is C50H56N8O4. The second-order valence-electron chi connectivity index (χ2n) is 16.2. The first kappa shape index (κ1) is 42.2. The van der Waals surface area contributed by atoms with E-state index in [1.54, 1.807) is 0 Å². The number of H-pyrrole nitrogens is 2. The molecule has 2 fully saturated rings. The van der Waals surface area contributed by atoms with Crippen LogP contribution in [0.1, 0.15) is 86.9 Å². The highest BCUT2D eigenvalue weighted by Crippen LogP contribution is 2.37. The molecule has 2 aliphatic heterocycles. The number of benzene rings is 4. The summed E-state index contributed by atoms with van der Waals surface area (Å²) in [7, 11) is 1.33. The van der Waals surface area contributed by atoms with Gasteiger partial charge in [-0.3, -0.25) is 14.5 Å². The van der Waals surface area contributed by atoms with E-state index in [1.807, 2.05) is 70.7 Å². The molecule has 8 rings (SSSR count). The molecule has 0 radical (unpaired) electrons. The van der Waals surface area contributed by atoms with Crippen LogP contribution in [0.5, 0.6) is 0 Å². The second-order valence-corrected chi connectivity index (χ2v) is 16.2. The number of nitrogens with one attached hydrogen (secondary N) is 3. The lowest BCUT2D eigenvalue weighted by Gasteiger charge is -2.34. The van der Waals surface area contributed by atoms with Crippen LogP contribution >= 0.6 is 0 Å². The molecule has 2 saturated heterocycles. The smallest absolute Gasteiger partial charge is 0.407 e. The number of imidazole rings is 2. The summed E-state index contributed by atoms with van der Waals surface area (Å²) in [6.45, 7) is 7.16. The number of ether oxygens (including phenoxy) is 1. The maximum absolute atomic E-state index is 14.2. The lowest BCUT2D eigenvalue weighted by molar-refractivity contribution is -0.138. The molecule has 2 aliphatic rings. The SMILES string of the molecule is CCN(CC)[C@@H](C(=O)N1CCC[C@H]1c1ncc(-c2ccc(-c3ccc(-c4cnc([C@@H]5CCCN5C(=O)C[C@@H](Cc5ccccc5)NC(=O)OC)[nH]4)cc3)cc2)[nH]1)c1ccccc1. The third kappa shape index (κ3) is 9.35. The summed E-state index contributed by atoms with van der Waals surface area (Å²) >= 11 is 0. The van der Waals surface area contributed by atoms with E-state index >= 15 is 0 Å². The molecular weight excluding hydrogens is 777 g/mol. The zero-order valence-electron chi connectivity index (χ0n) is 35.8. The first-order valence-electron chi connectivity index (χ1n) is 21.9. The van der Waals surface area contributed by atoms with Crippen LogP contribution in [0.25, 0.3) is 33.6 Å². The van der Waals surface area contributed by atoms with E-state index in [4.69, 9.17) is 14.7 Å². The van der Waals surface area contributed by atoms with Gasteiger partial charge in [0.05, 0.1) is 43.0 Å². The minimum absolute atomic E-state index is 0.0262. The zero-order chi connectivity index (χ0) is 43.0. The molecule has 3 N–H and O–H groups in total. The van der Waals surface area contributed by atoms with E-state index in [1.165, 1.54) is 7.11 Å². The van der Waals surface area contributed by atoms with Gasteiger partial charge in [-0.1, -0.05) is 123 Å². The van der Waals surface area contributed by atoms with Gasteiger partial charge in [-0.25, -0.2) is 14.8 Å². The van der Waals surface area contributed by atoms with Gasteiger partial charge in [-0.2, -0.15) is 0 Å². The van der Waals surface area contributed by atoms with Crippen LogP contribution in [0.15, 0.2) is 122 Å². The average molecular weight is 833 g/mol. The third-order valence-corrected chi connectivity index (χ3v) is 12.4. The monoisotopic (exact) mass is 832 g/mol. The van der Waals surface area contributed by atoms with Gasteiger partial charge in [-0.15, -0.1) is 0 Å². The van der Waals surface area contributed by atoms with Crippen molar-refractivity contribution in [3.63, 3.8) is 0 Å². The summed E-state index contributed by atoms with van der Waals surface area (Å²) in [5, 5.41) is 2.86. The highest BCUT2D eigenvalue weighted by atomic mass is 16.5. The zero-order valence-corrected chi connectivity index (χ0v) is 35.8. The van der Waals surface area contributed by atoms with Gasteiger partial charge < -0.3 is 29.8 Å². The number of hydrogen-bond donors (Lipinski definition) is 3. The maximum Gasteiger partial charge on any atom is 0.407 e. The van der Waals surface area contributed by atoms with Crippen LogP contribution < -0.4 is 5.32 Å². The van der Waals surface area contributed by atoms with Crippen molar-refractivity contribution >= 4 is 17.9 Å². The van der Waals surface area contributed by atoms with Crippen LogP contribution in [-0.2, 0) is 20.7 Å². The van der Waals surface area contributed by atoms with Gasteiger partial charge in [0.2, 0.25) is 11.8 Å². The molecule has 6 aromatic rings. The number of aromatic nitrogens is 4. The quantitative estimate of drug-likeness (QED) is 0.0940. The molecule has 0 unspecified atom stereocenters. The molecule has 4 aromatic carbocycles. The van der Waals surface area contributed by atoms with Gasteiger partial charge in [0.25, 0.3) is 0 Å². The van der Waals surface area contributed by atoms with Gasteiger partial charge in [0, 0.05) is 25.6 Å². The van der Waals surface area contributed by atoms with E-state index in [-0.39, 0.29) is 36.4 Å². The second kappa shape index (κ2) is 19.5. The normalized spacial score (nSPS) is 17.3. The Morgan fingerprint density at radius 3 is 1.74 bits per heavy atom. The summed E-state index contributed by atoms with van der Waals surface area (Å²) in [6, 6.07) is 35.8. The number of likely N-dealkylation sites (N-methyl/N-ethyl adjacent to an activating group) is 1. The van der Waals surface area contributed by atoms with E-state index < -0.39 is 12.1 Å². The standard InChI is InChI=1S/C50H56N8O4/c1-4-56(5-2)46(39-16-10-7-11-17-39)49(60)58-29-13-19-44(58)48-52-33-42(55-48)38-26-22-36(23-27-38)35-20-24-37(25-21-35)41-32-51-47(54-41)43-18-12-28-57(43)45(59)31-40(53-50(61)62-3)30-34-14-8-6-9-15-34/h6-11,14-17,20-27,32-33,40,43-44,46H,4-5,12-13,18-19,28-31H2,1-3H3,(H,51,54)(H,52,55)(H,53,61)/t40-,43+,44+,46-/m1/s1. The predicted octanol–water partition coefficient (Wildman–Crippen LogP) is 8.90. The topological polar surface area (TPSA) is 140 Å². The van der Waals surface area contributed by atoms with Gasteiger partial charge in [-0.05, 0) is 78.6 Å². The molecule has 0 spiro atoms. The van der Waals surface area contributed by atoms with Gasteiger partial charge in [0.15, 0.2) is 0 Å². The number of methoxy groups -OCH3 is 1. The highest BCUT2D eigenvalue weighted by molar-refractivity contribution is 5.84. The summed E-state index contributed by atoms with van der Waals surface area (Å²) < 4.78 is 4.86. The van der Waals surface area contributed by atoms with E-state index in [0.29, 0.717) is 19.5 Å². The molecule has 62 heavy (non-hydrogen) atoms. The fourth-order valence-corrected chi connectivity index (χ4v) is 9.17. The molecule has 12 nitrogen and oxygen atoms in total. The number of nitrogens with zero attached hydrogens (tertiary/aromatic N) is 5. The number of hydrogen-bond acceptors (Lipinski definition) is 7. The Morgan fingerprint density at radius 1 is 0.710 bits per heavy atom. The minimum Gasteiger partial charge on any atom is -0.453 e. The van der Waals surface area contributed by atoms with Crippen molar-refractivity contribution in [3.05, 3.63) is 144 Å². The van der Waals surface area contributed by atoms with Crippen molar-refractivity contribution in [2.75, 3.05) is 33.3 Å². The Labute approximate surface area is 363 Å². The van der Waals surface area contributed by atoms with Crippen molar-refractivity contribution in [1.82, 2.24) is 40.0 Å². The Bertz CT molecular complexity index is 2410. The number of alkyl carbamates (subject to hydrolysis) is 1. The van der Waals surface area contributed by atoms with Crippen LogP contribution in [0.3, 0.4) is 0 Å². The number of likely N-dealkylation sites (tertiary alicyclic amines) is 2. The maximum atomic E-state index is 14.2. The van der Waals surface area contributed by atoms with E-state index in [9.17, 15) is 14.4 Å². The summed E-state index contributed by atoms with van der Waals surface area (Å²) in [5.74, 6) is 1.69. The highest BCUT2D eigenvalue weighted by Gasteiger charge is 2.38. The average Bonchev–Trinajstić information content (AvgIpc) is 4.16. The van der Waals surface area contributed by atoms with E-state index in [2.05, 4.69) is 94.7 Å². The first-order valence-corrected chi connectivity index (χ1v) is 21.9. The van der Waals surface area contributed by atoms with Gasteiger partial charge in [0.1, 0.15) is 17.7 Å². The van der Waals surface area contributed by atoms with Crippen LogP contribution in [0.2, 0.25) is 0 Å². The Morgan fingerprint density at radius 2 is 1.21 bits per heavy atom. The number of rotatable bonds is 15. The van der Waals surface area contributed by atoms with Crippen molar-refractivity contribution in [1.29, 1.82) is 0 Å². The molecule has 320 valence electrons.